The lowest BCUT2D eigenvalue weighted by atomic mass is 10.1. The number of benzene rings is 1. The van der Waals surface area contributed by atoms with Crippen LogP contribution in [-0.2, 0) is 10.0 Å². The molecule has 2 heterocycles. The van der Waals surface area contributed by atoms with Crippen molar-refractivity contribution in [3.8, 4) is 0 Å². The number of nitrogens with one attached hydrogen (secondary N) is 1. The number of piperidine rings is 1. The van der Waals surface area contributed by atoms with Crippen molar-refractivity contribution in [2.24, 2.45) is 0 Å². The molecular weight excluding hydrogens is 362 g/mol. The van der Waals surface area contributed by atoms with E-state index in [4.69, 9.17) is 4.42 Å². The number of non-ortho nitro benzene ring substituents is 1. The number of nitro groups is 1. The lowest BCUT2D eigenvalue weighted by Gasteiger charge is -2.32. The molecule has 1 aliphatic rings. The number of hydrogen-bond donors (Lipinski definition) is 1. The first-order valence-corrected chi connectivity index (χ1v) is 9.43. The van der Waals surface area contributed by atoms with E-state index in [2.05, 4.69) is 4.72 Å². The Morgan fingerprint density at radius 3 is 2.38 bits per heavy atom. The van der Waals surface area contributed by atoms with Gasteiger partial charge in [0.1, 0.15) is 6.26 Å². The second-order valence-electron chi connectivity index (χ2n) is 5.95. The average molecular weight is 379 g/mol. The molecule has 0 radical (unpaired) electrons. The summed E-state index contributed by atoms with van der Waals surface area (Å²) in [5.74, 6) is -0.143. The van der Waals surface area contributed by atoms with Gasteiger partial charge >= 0.3 is 0 Å². The molecular formula is C16H17N3O6S. The third-order valence-corrected chi connectivity index (χ3v) is 5.77. The molecule has 1 fully saturated rings. The number of furan rings is 1. The van der Waals surface area contributed by atoms with Crippen LogP contribution in [0.15, 0.2) is 52.2 Å². The van der Waals surface area contributed by atoms with Crippen LogP contribution in [0.5, 0.6) is 0 Å². The lowest BCUT2D eigenvalue weighted by Crippen LogP contribution is -2.46. The van der Waals surface area contributed by atoms with Crippen molar-refractivity contribution in [3.05, 3.63) is 58.5 Å². The van der Waals surface area contributed by atoms with E-state index < -0.39 is 14.9 Å². The Labute approximate surface area is 149 Å². The first kappa shape index (κ1) is 18.1. The Hall–Kier alpha value is -2.72. The highest BCUT2D eigenvalue weighted by Gasteiger charge is 2.27. The Bertz CT molecular complexity index is 885. The van der Waals surface area contributed by atoms with Crippen molar-refractivity contribution >= 4 is 21.6 Å². The van der Waals surface area contributed by atoms with E-state index in [1.165, 1.54) is 24.7 Å². The molecule has 0 spiro atoms. The number of likely N-dealkylation sites (tertiary alicyclic amines) is 1. The fourth-order valence-electron chi connectivity index (χ4n) is 2.80. The molecule has 0 aliphatic carbocycles. The number of hydrogen-bond acceptors (Lipinski definition) is 6. The van der Waals surface area contributed by atoms with Crippen LogP contribution in [0.2, 0.25) is 0 Å². The number of carbonyl (C=O) groups excluding carboxylic acids is 1. The van der Waals surface area contributed by atoms with Crippen LogP contribution in [0.1, 0.15) is 23.2 Å². The van der Waals surface area contributed by atoms with Gasteiger partial charge in [-0.15, -0.1) is 0 Å². The number of amides is 1. The van der Waals surface area contributed by atoms with Crippen molar-refractivity contribution in [1.29, 1.82) is 0 Å². The zero-order valence-electron chi connectivity index (χ0n) is 13.7. The predicted octanol–water partition coefficient (Wildman–Crippen LogP) is 1.77. The summed E-state index contributed by atoms with van der Waals surface area (Å²) in [4.78, 5) is 23.9. The van der Waals surface area contributed by atoms with E-state index in [0.29, 0.717) is 31.5 Å². The van der Waals surface area contributed by atoms with Crippen molar-refractivity contribution < 1.29 is 22.6 Å². The molecule has 9 nitrogen and oxygen atoms in total. The molecule has 0 atom stereocenters. The van der Waals surface area contributed by atoms with Gasteiger partial charge in [0.2, 0.25) is 10.0 Å². The van der Waals surface area contributed by atoms with Crippen molar-refractivity contribution in [1.82, 2.24) is 9.62 Å². The highest BCUT2D eigenvalue weighted by molar-refractivity contribution is 7.89. The van der Waals surface area contributed by atoms with Gasteiger partial charge in [0, 0.05) is 31.3 Å². The molecule has 1 aromatic heterocycles. The molecule has 26 heavy (non-hydrogen) atoms. The molecule has 1 amide bonds. The Kier molecular flexibility index (Phi) is 5.05. The van der Waals surface area contributed by atoms with Crippen LogP contribution >= 0.6 is 0 Å². The minimum absolute atomic E-state index is 0.0278. The van der Waals surface area contributed by atoms with Gasteiger partial charge in [0.15, 0.2) is 0 Å². The molecule has 1 N–H and O–H groups in total. The SMILES string of the molecule is O=C(c1ccoc1)N1CCC(NS(=O)(=O)c2ccc([N+](=O)[O-])cc2)CC1. The second-order valence-corrected chi connectivity index (χ2v) is 7.66. The van der Waals surface area contributed by atoms with Crippen LogP contribution < -0.4 is 4.72 Å². The third kappa shape index (κ3) is 3.92. The quantitative estimate of drug-likeness (QED) is 0.624. The predicted molar refractivity (Wildman–Crippen MR) is 91.1 cm³/mol. The van der Waals surface area contributed by atoms with E-state index >= 15 is 0 Å². The lowest BCUT2D eigenvalue weighted by molar-refractivity contribution is -0.384. The largest absolute Gasteiger partial charge is 0.472 e. The van der Waals surface area contributed by atoms with Gasteiger partial charge in [-0.3, -0.25) is 14.9 Å². The maximum absolute atomic E-state index is 12.4. The number of sulfonamides is 1. The topological polar surface area (TPSA) is 123 Å². The summed E-state index contributed by atoms with van der Waals surface area (Å²) >= 11 is 0. The van der Waals surface area contributed by atoms with Crippen LogP contribution in [0.25, 0.3) is 0 Å². The molecule has 1 saturated heterocycles. The summed E-state index contributed by atoms with van der Waals surface area (Å²) in [6, 6.07) is 6.01. The highest BCUT2D eigenvalue weighted by Crippen LogP contribution is 2.19. The number of carbonyl (C=O) groups is 1. The van der Waals surface area contributed by atoms with E-state index in [-0.39, 0.29) is 22.5 Å². The zero-order chi connectivity index (χ0) is 18.7. The fraction of sp³-hybridized carbons (Fsp3) is 0.312. The van der Waals surface area contributed by atoms with Gasteiger partial charge in [0.05, 0.1) is 21.6 Å². The molecule has 1 aliphatic heterocycles. The Morgan fingerprint density at radius 1 is 1.19 bits per heavy atom. The molecule has 0 saturated carbocycles. The van der Waals surface area contributed by atoms with E-state index in [1.54, 1.807) is 11.0 Å². The minimum Gasteiger partial charge on any atom is -0.472 e. The van der Waals surface area contributed by atoms with Gasteiger partial charge in [-0.05, 0) is 31.0 Å². The molecule has 138 valence electrons. The van der Waals surface area contributed by atoms with Gasteiger partial charge in [-0.25, -0.2) is 13.1 Å². The fourth-order valence-corrected chi connectivity index (χ4v) is 4.11. The Morgan fingerprint density at radius 2 is 1.85 bits per heavy atom. The van der Waals surface area contributed by atoms with Crippen LogP contribution in [-0.4, -0.2) is 43.3 Å². The van der Waals surface area contributed by atoms with Crippen LogP contribution in [0.4, 0.5) is 5.69 Å². The summed E-state index contributed by atoms with van der Waals surface area (Å²) in [5.41, 5.74) is 0.296. The molecule has 0 bridgehead atoms. The highest BCUT2D eigenvalue weighted by atomic mass is 32.2. The molecule has 10 heteroatoms. The first-order chi connectivity index (χ1) is 12.4. The normalized spacial score (nSPS) is 15.8. The summed E-state index contributed by atoms with van der Waals surface area (Å²) in [6.07, 6.45) is 3.77. The molecule has 2 aromatic rings. The van der Waals surface area contributed by atoms with Crippen LogP contribution in [0, 0.1) is 10.1 Å². The van der Waals surface area contributed by atoms with Crippen molar-refractivity contribution in [3.63, 3.8) is 0 Å². The van der Waals surface area contributed by atoms with E-state index in [1.807, 2.05) is 0 Å². The van der Waals surface area contributed by atoms with Gasteiger partial charge in [-0.1, -0.05) is 0 Å². The third-order valence-electron chi connectivity index (χ3n) is 4.23. The summed E-state index contributed by atoms with van der Waals surface area (Å²) in [5, 5.41) is 10.7. The summed E-state index contributed by atoms with van der Waals surface area (Å²) < 4.78 is 32.3. The van der Waals surface area contributed by atoms with E-state index in [9.17, 15) is 23.3 Å². The number of nitro benzene ring substituents is 1. The maximum atomic E-state index is 12.4. The Balaban J connectivity index is 1.59. The smallest absolute Gasteiger partial charge is 0.269 e. The number of rotatable bonds is 5. The molecule has 3 rings (SSSR count). The van der Waals surface area contributed by atoms with Gasteiger partial charge in [-0.2, -0.15) is 0 Å². The summed E-state index contributed by atoms with van der Waals surface area (Å²) in [7, 11) is -3.77. The first-order valence-electron chi connectivity index (χ1n) is 7.95. The summed E-state index contributed by atoms with van der Waals surface area (Å²) in [6.45, 7) is 0.856. The van der Waals surface area contributed by atoms with Crippen molar-refractivity contribution in [2.75, 3.05) is 13.1 Å². The average Bonchev–Trinajstić information content (AvgIpc) is 3.16. The van der Waals surface area contributed by atoms with E-state index in [0.717, 1.165) is 12.1 Å². The minimum atomic E-state index is -3.77. The monoisotopic (exact) mass is 379 g/mol. The number of nitrogens with zero attached hydrogens (tertiary/aromatic N) is 2. The second kappa shape index (κ2) is 7.26. The zero-order valence-corrected chi connectivity index (χ0v) is 14.5. The molecule has 0 unspecified atom stereocenters. The van der Waals surface area contributed by atoms with Gasteiger partial charge in [0.25, 0.3) is 11.6 Å². The van der Waals surface area contributed by atoms with Gasteiger partial charge < -0.3 is 9.32 Å². The molecule has 1 aromatic carbocycles. The maximum Gasteiger partial charge on any atom is 0.269 e. The van der Waals surface area contributed by atoms with Crippen molar-refractivity contribution in [2.45, 2.75) is 23.8 Å². The van der Waals surface area contributed by atoms with Crippen LogP contribution in [0.3, 0.4) is 0 Å². The standard InChI is InChI=1S/C16H17N3O6S/c20-16(12-7-10-25-11-12)18-8-5-13(6-9-18)17-26(23,24)15-3-1-14(2-4-15)19(21)22/h1-4,7,10-11,13,17H,5-6,8-9H2.